The van der Waals surface area contributed by atoms with E-state index in [0.29, 0.717) is 55.5 Å². The number of phenols is 1. The first-order valence-corrected chi connectivity index (χ1v) is 13.4. The molecule has 1 aliphatic carbocycles. The predicted octanol–water partition coefficient (Wildman–Crippen LogP) is 5.97. The van der Waals surface area contributed by atoms with Crippen molar-refractivity contribution in [1.82, 2.24) is 14.9 Å². The molecular weight excluding hydrogens is 507 g/mol. The van der Waals surface area contributed by atoms with E-state index in [2.05, 4.69) is 14.9 Å². The maximum Gasteiger partial charge on any atom is 0.316 e. The molecule has 0 bridgehead atoms. The maximum atomic E-state index is 15.4. The highest BCUT2D eigenvalue weighted by Crippen LogP contribution is 2.42. The summed E-state index contributed by atoms with van der Waals surface area (Å²) in [6.45, 7) is 3.84. The second kappa shape index (κ2) is 12.1. The van der Waals surface area contributed by atoms with Crippen molar-refractivity contribution in [2.45, 2.75) is 45.1 Å². The van der Waals surface area contributed by atoms with Crippen molar-refractivity contribution < 1.29 is 27.8 Å². The number of allylic oxidation sites excluding steroid dienone is 1. The summed E-state index contributed by atoms with van der Waals surface area (Å²) in [6, 6.07) is 8.33. The highest BCUT2D eigenvalue weighted by atomic mass is 19.2. The van der Waals surface area contributed by atoms with Crippen LogP contribution in [0.15, 0.2) is 42.7 Å². The van der Waals surface area contributed by atoms with Gasteiger partial charge in [0.05, 0.1) is 13.3 Å². The summed E-state index contributed by atoms with van der Waals surface area (Å²) < 4.78 is 54.1. The topological polar surface area (TPSA) is 67.7 Å². The fourth-order valence-electron chi connectivity index (χ4n) is 5.44. The van der Waals surface area contributed by atoms with Gasteiger partial charge in [0.2, 0.25) is 5.82 Å². The number of aromatic nitrogens is 2. The van der Waals surface area contributed by atoms with Gasteiger partial charge in [-0.05, 0) is 85.6 Å². The molecule has 3 aromatic rings. The first-order chi connectivity index (χ1) is 19.0. The number of likely N-dealkylation sites (tertiary alicyclic amines) is 1. The quantitative estimate of drug-likeness (QED) is 0.362. The fourth-order valence-corrected chi connectivity index (χ4v) is 5.44. The number of rotatable bonds is 9. The third kappa shape index (κ3) is 5.88. The van der Waals surface area contributed by atoms with Crippen LogP contribution in [0.1, 0.15) is 54.9 Å². The van der Waals surface area contributed by atoms with Gasteiger partial charge >= 0.3 is 6.01 Å². The maximum absolute atomic E-state index is 15.4. The van der Waals surface area contributed by atoms with E-state index >= 15 is 4.39 Å². The SMILES string of the molecule is CCOc1ccc(C2=C(c3cnc(O[C@H]4CCN(CCCF)C4)nc3)c3ccc(O)cc3CCC2)c(F)c1F. The first-order valence-electron chi connectivity index (χ1n) is 13.4. The number of alkyl halides is 1. The highest BCUT2D eigenvalue weighted by Gasteiger charge is 2.27. The Morgan fingerprint density at radius 3 is 2.62 bits per heavy atom. The Labute approximate surface area is 226 Å². The molecule has 1 aromatic heterocycles. The minimum absolute atomic E-state index is 0.0762. The Morgan fingerprint density at radius 2 is 1.85 bits per heavy atom. The molecule has 1 saturated heterocycles. The molecule has 1 atom stereocenters. The van der Waals surface area contributed by atoms with Crippen LogP contribution in [0.2, 0.25) is 0 Å². The van der Waals surface area contributed by atoms with E-state index < -0.39 is 11.6 Å². The Morgan fingerprint density at radius 1 is 1.05 bits per heavy atom. The second-order valence-corrected chi connectivity index (χ2v) is 9.85. The van der Waals surface area contributed by atoms with Crippen LogP contribution in [-0.2, 0) is 6.42 Å². The van der Waals surface area contributed by atoms with Gasteiger partial charge in [-0.2, -0.15) is 4.39 Å². The van der Waals surface area contributed by atoms with Crippen molar-refractivity contribution in [2.24, 2.45) is 0 Å². The van der Waals surface area contributed by atoms with Gasteiger partial charge in [-0.1, -0.05) is 6.07 Å². The summed E-state index contributed by atoms with van der Waals surface area (Å²) in [7, 11) is 0. The third-order valence-electron chi connectivity index (χ3n) is 7.23. The van der Waals surface area contributed by atoms with Crippen molar-refractivity contribution in [3.63, 3.8) is 0 Å². The largest absolute Gasteiger partial charge is 0.508 e. The van der Waals surface area contributed by atoms with Gasteiger partial charge in [-0.3, -0.25) is 9.29 Å². The molecule has 2 aromatic carbocycles. The summed E-state index contributed by atoms with van der Waals surface area (Å²) in [5, 5.41) is 10.1. The van der Waals surface area contributed by atoms with Gasteiger partial charge in [0.1, 0.15) is 11.9 Å². The lowest BCUT2D eigenvalue weighted by molar-refractivity contribution is 0.183. The lowest BCUT2D eigenvalue weighted by Crippen LogP contribution is -2.26. The van der Waals surface area contributed by atoms with Crippen molar-refractivity contribution in [1.29, 1.82) is 0 Å². The molecule has 1 fully saturated rings. The molecule has 0 saturated carbocycles. The van der Waals surface area contributed by atoms with E-state index in [9.17, 15) is 13.9 Å². The lowest BCUT2D eigenvalue weighted by atomic mass is 9.88. The van der Waals surface area contributed by atoms with Crippen LogP contribution in [0.5, 0.6) is 17.5 Å². The van der Waals surface area contributed by atoms with E-state index in [1.165, 1.54) is 6.07 Å². The highest BCUT2D eigenvalue weighted by molar-refractivity contribution is 5.99. The number of benzene rings is 2. The lowest BCUT2D eigenvalue weighted by Gasteiger charge is -2.18. The number of ether oxygens (including phenoxy) is 2. The van der Waals surface area contributed by atoms with Crippen molar-refractivity contribution in [2.75, 3.05) is 32.9 Å². The number of hydrogen-bond acceptors (Lipinski definition) is 6. The molecule has 39 heavy (non-hydrogen) atoms. The van der Waals surface area contributed by atoms with Crippen LogP contribution in [0, 0.1) is 11.6 Å². The zero-order valence-corrected chi connectivity index (χ0v) is 21.9. The zero-order chi connectivity index (χ0) is 27.4. The summed E-state index contributed by atoms with van der Waals surface area (Å²) in [6.07, 6.45) is 6.36. The predicted molar refractivity (Wildman–Crippen MR) is 143 cm³/mol. The number of fused-ring (bicyclic) bond motifs is 1. The van der Waals surface area contributed by atoms with E-state index in [0.717, 1.165) is 24.1 Å². The Kier molecular flexibility index (Phi) is 8.35. The number of phenolic OH excluding ortho intramolecular Hbond substituents is 1. The third-order valence-corrected chi connectivity index (χ3v) is 7.23. The molecular formula is C30H32F3N3O3. The molecule has 1 aliphatic heterocycles. The zero-order valence-electron chi connectivity index (χ0n) is 21.9. The van der Waals surface area contributed by atoms with Crippen LogP contribution in [0.3, 0.4) is 0 Å². The normalized spacial score (nSPS) is 17.7. The molecule has 2 heterocycles. The Bertz CT molecular complexity index is 1350. The molecule has 206 valence electrons. The van der Waals surface area contributed by atoms with Crippen LogP contribution >= 0.6 is 0 Å². The van der Waals surface area contributed by atoms with Gasteiger partial charge in [-0.15, -0.1) is 0 Å². The smallest absolute Gasteiger partial charge is 0.316 e. The van der Waals surface area contributed by atoms with Gasteiger partial charge in [-0.25, -0.2) is 14.4 Å². The standard InChI is InChI=1S/C30H32F3N3O3/c1-2-38-26-10-9-25(28(32)29(26)33)24-6-3-5-19-15-21(37)7-8-23(19)27(24)20-16-34-30(35-17-20)39-22-11-14-36(18-22)13-4-12-31/h7-10,15-17,22,37H,2-6,11-14,18H2,1H3/t22-/m0/s1. The number of nitrogens with zero attached hydrogens (tertiary/aromatic N) is 3. The average Bonchev–Trinajstić information content (AvgIpc) is 3.30. The number of hydrogen-bond donors (Lipinski definition) is 1. The van der Waals surface area contributed by atoms with Crippen LogP contribution in [0.4, 0.5) is 13.2 Å². The molecule has 1 N–H and O–H groups in total. The van der Waals surface area contributed by atoms with Crippen LogP contribution in [-0.4, -0.2) is 59.0 Å². The monoisotopic (exact) mass is 539 g/mol. The van der Waals surface area contributed by atoms with Crippen molar-refractivity contribution >= 4 is 11.1 Å². The van der Waals surface area contributed by atoms with Crippen molar-refractivity contribution in [3.05, 3.63) is 76.6 Å². The van der Waals surface area contributed by atoms with Crippen molar-refractivity contribution in [3.8, 4) is 17.5 Å². The van der Waals surface area contributed by atoms with Gasteiger partial charge in [0.15, 0.2) is 11.6 Å². The van der Waals surface area contributed by atoms with Gasteiger partial charge in [0, 0.05) is 43.2 Å². The van der Waals surface area contributed by atoms with Gasteiger partial charge < -0.3 is 14.6 Å². The minimum Gasteiger partial charge on any atom is -0.508 e. The molecule has 0 unspecified atom stereocenters. The molecule has 0 amide bonds. The second-order valence-electron chi connectivity index (χ2n) is 9.85. The molecule has 0 radical (unpaired) electrons. The van der Waals surface area contributed by atoms with E-state index in [-0.39, 0.29) is 42.5 Å². The first kappa shape index (κ1) is 27.0. The molecule has 5 rings (SSSR count). The Hall–Kier alpha value is -3.59. The fraction of sp³-hybridized carbons (Fsp3) is 0.400. The summed E-state index contributed by atoms with van der Waals surface area (Å²) >= 11 is 0. The summed E-state index contributed by atoms with van der Waals surface area (Å²) in [5.41, 5.74) is 3.84. The number of halogens is 3. The van der Waals surface area contributed by atoms with E-state index in [1.54, 1.807) is 43.6 Å². The summed E-state index contributed by atoms with van der Waals surface area (Å²) in [5.74, 6) is -1.96. The number of aromatic hydroxyl groups is 1. The molecule has 2 aliphatic rings. The number of aryl methyl sites for hydroxylation is 1. The summed E-state index contributed by atoms with van der Waals surface area (Å²) in [4.78, 5) is 11.1. The molecule has 6 nitrogen and oxygen atoms in total. The molecule has 9 heteroatoms. The van der Waals surface area contributed by atoms with E-state index in [4.69, 9.17) is 9.47 Å². The van der Waals surface area contributed by atoms with Gasteiger partial charge in [0.25, 0.3) is 0 Å². The minimum atomic E-state index is -1.02. The van der Waals surface area contributed by atoms with E-state index in [1.807, 2.05) is 0 Å². The van der Waals surface area contributed by atoms with Crippen LogP contribution in [0.25, 0.3) is 11.1 Å². The average molecular weight is 540 g/mol. The Balaban J connectivity index is 1.51. The molecule has 0 spiro atoms. The van der Waals surface area contributed by atoms with Crippen LogP contribution < -0.4 is 9.47 Å².